The van der Waals surface area contributed by atoms with Gasteiger partial charge in [0.15, 0.2) is 5.58 Å². The molecule has 0 fully saturated rings. The third-order valence-corrected chi connectivity index (χ3v) is 7.63. The molecule has 4 rings (SSSR count). The molecule has 0 bridgehead atoms. The number of fused-ring (bicyclic) bond motifs is 2. The van der Waals surface area contributed by atoms with E-state index < -0.39 is 10.0 Å². The highest BCUT2D eigenvalue weighted by Crippen LogP contribution is 2.28. The van der Waals surface area contributed by atoms with E-state index in [1.165, 1.54) is 16.1 Å². The molecule has 0 atom stereocenters. The fourth-order valence-corrected chi connectivity index (χ4v) is 5.41. The Bertz CT molecular complexity index is 1280. The number of aromatic nitrogens is 3. The fourth-order valence-electron chi connectivity index (χ4n) is 3.05. The minimum atomic E-state index is -3.51. The summed E-state index contributed by atoms with van der Waals surface area (Å²) >= 11 is 7.38. The van der Waals surface area contributed by atoms with Crippen LogP contribution in [0.25, 0.3) is 22.1 Å². The Balaban J connectivity index is 1.55. The topological polar surface area (TPSA) is 92.1 Å². The molecule has 2 aromatic heterocycles. The van der Waals surface area contributed by atoms with E-state index in [1.54, 1.807) is 36.4 Å². The van der Waals surface area contributed by atoms with Gasteiger partial charge in [-0.15, -0.1) is 0 Å². The zero-order valence-corrected chi connectivity index (χ0v) is 18.2. The van der Waals surface area contributed by atoms with Gasteiger partial charge in [-0.25, -0.2) is 18.4 Å². The van der Waals surface area contributed by atoms with E-state index in [9.17, 15) is 8.42 Å². The second kappa shape index (κ2) is 7.98. The molecular weight excluding hydrogens is 432 g/mol. The molecule has 0 saturated carbocycles. The van der Waals surface area contributed by atoms with Crippen LogP contribution in [0.4, 0.5) is 0 Å². The smallest absolute Gasteiger partial charge is 0.257 e. The van der Waals surface area contributed by atoms with Crippen molar-refractivity contribution in [3.63, 3.8) is 0 Å². The molecular formula is C19H19ClN4O3S2. The fraction of sp³-hybridized carbons (Fsp3) is 0.263. The van der Waals surface area contributed by atoms with Gasteiger partial charge in [-0.3, -0.25) is 0 Å². The SMILES string of the molecule is CCN(CC)S(=O)(=O)c1ccc2nc(CSc3nc4cc(Cl)ccc4o3)[nH]c2c1. The maximum Gasteiger partial charge on any atom is 0.257 e. The van der Waals surface area contributed by atoms with E-state index in [2.05, 4.69) is 15.0 Å². The lowest BCUT2D eigenvalue weighted by atomic mass is 10.3. The van der Waals surface area contributed by atoms with E-state index in [4.69, 9.17) is 16.0 Å². The minimum absolute atomic E-state index is 0.257. The van der Waals surface area contributed by atoms with Gasteiger partial charge in [0.2, 0.25) is 10.0 Å². The van der Waals surface area contributed by atoms with Gasteiger partial charge in [-0.05, 0) is 36.4 Å². The Hall–Kier alpha value is -2.07. The molecule has 2 heterocycles. The summed E-state index contributed by atoms with van der Waals surface area (Å²) in [5, 5.41) is 1.13. The van der Waals surface area contributed by atoms with Crippen molar-refractivity contribution in [2.75, 3.05) is 13.1 Å². The number of sulfonamides is 1. The zero-order chi connectivity index (χ0) is 20.6. The molecule has 7 nitrogen and oxygen atoms in total. The van der Waals surface area contributed by atoms with Crippen LogP contribution in [-0.2, 0) is 15.8 Å². The van der Waals surface area contributed by atoms with Crippen molar-refractivity contribution in [3.8, 4) is 0 Å². The maximum absolute atomic E-state index is 12.7. The van der Waals surface area contributed by atoms with Crippen LogP contribution in [-0.4, -0.2) is 40.8 Å². The number of halogens is 1. The molecule has 152 valence electrons. The third kappa shape index (κ3) is 4.00. The second-order valence-corrected chi connectivity index (χ2v) is 9.63. The standard InChI is InChI=1S/C19H19ClN4O3S2/c1-3-24(4-2)29(25,26)13-6-7-14-15(10-13)22-18(21-14)11-28-19-23-16-9-12(20)5-8-17(16)27-19/h5-10H,3-4,11H2,1-2H3,(H,21,22). The first-order valence-corrected chi connectivity index (χ1v) is 11.9. The van der Waals surface area contributed by atoms with Crippen LogP contribution in [0.5, 0.6) is 0 Å². The lowest BCUT2D eigenvalue weighted by Crippen LogP contribution is -2.30. The lowest BCUT2D eigenvalue weighted by Gasteiger charge is -2.18. The predicted octanol–water partition coefficient (Wildman–Crippen LogP) is 4.68. The van der Waals surface area contributed by atoms with Crippen molar-refractivity contribution in [2.45, 2.75) is 29.7 Å². The normalized spacial score (nSPS) is 12.4. The molecule has 0 amide bonds. The van der Waals surface area contributed by atoms with Gasteiger partial charge in [-0.1, -0.05) is 37.2 Å². The molecule has 0 unspecified atom stereocenters. The maximum atomic E-state index is 12.7. The van der Waals surface area contributed by atoms with Gasteiger partial charge in [-0.2, -0.15) is 4.31 Å². The number of benzene rings is 2. The van der Waals surface area contributed by atoms with Crippen molar-refractivity contribution in [1.29, 1.82) is 0 Å². The van der Waals surface area contributed by atoms with Crippen molar-refractivity contribution < 1.29 is 12.8 Å². The number of oxazole rings is 1. The number of rotatable bonds is 7. The van der Waals surface area contributed by atoms with Gasteiger partial charge in [0.05, 0.1) is 21.7 Å². The lowest BCUT2D eigenvalue weighted by molar-refractivity contribution is 0.445. The minimum Gasteiger partial charge on any atom is -0.431 e. The number of aromatic amines is 1. The van der Waals surface area contributed by atoms with Crippen LogP contribution in [0.1, 0.15) is 19.7 Å². The summed E-state index contributed by atoms with van der Waals surface area (Å²) in [6.45, 7) is 4.51. The van der Waals surface area contributed by atoms with Crippen molar-refractivity contribution in [2.24, 2.45) is 0 Å². The Morgan fingerprint density at radius 3 is 2.66 bits per heavy atom. The highest BCUT2D eigenvalue weighted by atomic mass is 35.5. The molecule has 2 aromatic carbocycles. The average molecular weight is 451 g/mol. The highest BCUT2D eigenvalue weighted by Gasteiger charge is 2.22. The van der Waals surface area contributed by atoms with Gasteiger partial charge in [0.1, 0.15) is 11.3 Å². The summed E-state index contributed by atoms with van der Waals surface area (Å²) in [5.74, 6) is 1.22. The molecule has 0 spiro atoms. The van der Waals surface area contributed by atoms with Crippen LogP contribution in [0.2, 0.25) is 5.02 Å². The molecule has 0 radical (unpaired) electrons. The summed E-state index contributed by atoms with van der Waals surface area (Å²) in [6.07, 6.45) is 0. The molecule has 0 saturated heterocycles. The number of hydrogen-bond donors (Lipinski definition) is 1. The summed E-state index contributed by atoms with van der Waals surface area (Å²) < 4.78 is 32.6. The van der Waals surface area contributed by atoms with Crippen LogP contribution in [0.15, 0.2) is 50.9 Å². The van der Waals surface area contributed by atoms with Crippen LogP contribution in [0.3, 0.4) is 0 Å². The Morgan fingerprint density at radius 2 is 1.90 bits per heavy atom. The Morgan fingerprint density at radius 1 is 1.10 bits per heavy atom. The molecule has 0 aliphatic carbocycles. The molecule has 10 heteroatoms. The molecule has 0 aliphatic heterocycles. The number of hydrogen-bond acceptors (Lipinski definition) is 6. The number of thioether (sulfide) groups is 1. The van der Waals surface area contributed by atoms with Crippen molar-refractivity contribution >= 4 is 55.5 Å². The molecule has 1 N–H and O–H groups in total. The van der Waals surface area contributed by atoms with E-state index >= 15 is 0 Å². The van der Waals surface area contributed by atoms with E-state index in [1.807, 2.05) is 13.8 Å². The van der Waals surface area contributed by atoms with Crippen LogP contribution < -0.4 is 0 Å². The molecule has 29 heavy (non-hydrogen) atoms. The highest BCUT2D eigenvalue weighted by molar-refractivity contribution is 7.98. The summed E-state index contributed by atoms with van der Waals surface area (Å²) in [5.41, 5.74) is 2.77. The first-order chi connectivity index (χ1) is 13.9. The largest absolute Gasteiger partial charge is 0.431 e. The summed E-state index contributed by atoms with van der Waals surface area (Å²) in [6, 6.07) is 10.2. The van der Waals surface area contributed by atoms with Crippen molar-refractivity contribution in [3.05, 3.63) is 47.2 Å². The first-order valence-electron chi connectivity index (χ1n) is 9.08. The number of nitrogens with one attached hydrogen (secondary N) is 1. The number of H-pyrrole nitrogens is 1. The van der Waals surface area contributed by atoms with E-state index in [-0.39, 0.29) is 4.90 Å². The predicted molar refractivity (Wildman–Crippen MR) is 115 cm³/mol. The number of nitrogens with zero attached hydrogens (tertiary/aromatic N) is 3. The zero-order valence-electron chi connectivity index (χ0n) is 15.8. The summed E-state index contributed by atoms with van der Waals surface area (Å²) in [4.78, 5) is 12.4. The molecule has 0 aliphatic rings. The van der Waals surface area contributed by atoms with E-state index in [0.717, 1.165) is 0 Å². The van der Waals surface area contributed by atoms with Gasteiger partial charge >= 0.3 is 0 Å². The van der Waals surface area contributed by atoms with Gasteiger partial charge in [0, 0.05) is 18.1 Å². The second-order valence-electron chi connectivity index (χ2n) is 6.33. The average Bonchev–Trinajstić information content (AvgIpc) is 3.29. The Kier molecular flexibility index (Phi) is 5.56. The van der Waals surface area contributed by atoms with Crippen LogP contribution in [0, 0.1) is 0 Å². The van der Waals surface area contributed by atoms with E-state index in [0.29, 0.717) is 57.0 Å². The first kappa shape index (κ1) is 20.2. The molecule has 4 aromatic rings. The third-order valence-electron chi connectivity index (χ3n) is 4.51. The van der Waals surface area contributed by atoms with Gasteiger partial charge in [0.25, 0.3) is 5.22 Å². The van der Waals surface area contributed by atoms with Crippen molar-refractivity contribution in [1.82, 2.24) is 19.3 Å². The van der Waals surface area contributed by atoms with Gasteiger partial charge < -0.3 is 9.40 Å². The Labute approximate surface area is 177 Å². The summed E-state index contributed by atoms with van der Waals surface area (Å²) in [7, 11) is -3.51. The monoisotopic (exact) mass is 450 g/mol. The number of imidazole rings is 1. The van der Waals surface area contributed by atoms with Crippen LogP contribution >= 0.6 is 23.4 Å². The quantitative estimate of drug-likeness (QED) is 0.411.